The van der Waals surface area contributed by atoms with Gasteiger partial charge in [0.2, 0.25) is 0 Å². The maximum atomic E-state index is 12.3. The summed E-state index contributed by atoms with van der Waals surface area (Å²) >= 11 is 0. The quantitative estimate of drug-likeness (QED) is 0.733. The van der Waals surface area contributed by atoms with Gasteiger partial charge in [0.25, 0.3) is 15.9 Å². The van der Waals surface area contributed by atoms with Gasteiger partial charge in [-0.3, -0.25) is 4.79 Å². The SMILES string of the molecule is CCOc1ccc(S(=O)(=O)NC(=O)C(CC)OC)cc1OCC. The first-order valence-corrected chi connectivity index (χ1v) is 8.86. The van der Waals surface area contributed by atoms with Crippen LogP contribution in [0.25, 0.3) is 0 Å². The molecule has 1 unspecified atom stereocenters. The predicted octanol–water partition coefficient (Wildman–Crippen LogP) is 1.71. The Hall–Kier alpha value is -1.80. The Balaban J connectivity index is 3.08. The molecule has 0 heterocycles. The molecule has 0 saturated heterocycles. The topological polar surface area (TPSA) is 90.9 Å². The van der Waals surface area contributed by atoms with Crippen LogP contribution in [0.4, 0.5) is 0 Å². The van der Waals surface area contributed by atoms with Crippen molar-refractivity contribution in [2.45, 2.75) is 38.2 Å². The van der Waals surface area contributed by atoms with E-state index in [2.05, 4.69) is 0 Å². The number of amides is 1. The Bertz CT molecular complexity index is 625. The van der Waals surface area contributed by atoms with Crippen LogP contribution in [0.1, 0.15) is 27.2 Å². The summed E-state index contributed by atoms with van der Waals surface area (Å²) in [6.45, 7) is 6.11. The highest BCUT2D eigenvalue weighted by molar-refractivity contribution is 7.90. The lowest BCUT2D eigenvalue weighted by atomic mass is 10.3. The molecule has 8 heteroatoms. The lowest BCUT2D eigenvalue weighted by Gasteiger charge is -2.15. The number of methoxy groups -OCH3 is 1. The van der Waals surface area contributed by atoms with E-state index in [0.29, 0.717) is 31.1 Å². The molecule has 0 aliphatic heterocycles. The maximum absolute atomic E-state index is 12.3. The summed E-state index contributed by atoms with van der Waals surface area (Å²) in [5.41, 5.74) is 0. The number of rotatable bonds is 9. The lowest BCUT2D eigenvalue weighted by molar-refractivity contribution is -0.129. The number of ether oxygens (including phenoxy) is 3. The van der Waals surface area contributed by atoms with E-state index in [9.17, 15) is 13.2 Å². The number of carbonyl (C=O) groups excluding carboxylic acids is 1. The van der Waals surface area contributed by atoms with E-state index in [-0.39, 0.29) is 4.90 Å². The Kier molecular flexibility index (Phi) is 7.31. The molecule has 1 amide bonds. The average Bonchev–Trinajstić information content (AvgIpc) is 2.50. The third-order valence-corrected chi connectivity index (χ3v) is 4.35. The van der Waals surface area contributed by atoms with Gasteiger partial charge in [0, 0.05) is 13.2 Å². The fraction of sp³-hybridized carbons (Fsp3) is 0.533. The van der Waals surface area contributed by atoms with Gasteiger partial charge in [-0.25, -0.2) is 13.1 Å². The molecule has 1 rings (SSSR count). The number of hydrogen-bond donors (Lipinski definition) is 1. The maximum Gasteiger partial charge on any atom is 0.264 e. The van der Waals surface area contributed by atoms with Gasteiger partial charge < -0.3 is 14.2 Å². The second kappa shape index (κ2) is 8.73. The summed E-state index contributed by atoms with van der Waals surface area (Å²) in [5, 5.41) is 0. The minimum atomic E-state index is -4.01. The first kappa shape index (κ1) is 19.2. The fourth-order valence-electron chi connectivity index (χ4n) is 1.91. The van der Waals surface area contributed by atoms with Crippen molar-refractivity contribution in [3.05, 3.63) is 18.2 Å². The van der Waals surface area contributed by atoms with E-state index in [0.717, 1.165) is 0 Å². The molecule has 0 aliphatic carbocycles. The summed E-state index contributed by atoms with van der Waals surface area (Å²) in [4.78, 5) is 11.8. The van der Waals surface area contributed by atoms with Gasteiger partial charge in [-0.15, -0.1) is 0 Å². The van der Waals surface area contributed by atoms with Gasteiger partial charge in [-0.2, -0.15) is 0 Å². The van der Waals surface area contributed by atoms with Crippen molar-refractivity contribution in [3.8, 4) is 11.5 Å². The molecule has 1 atom stereocenters. The Morgan fingerprint density at radius 2 is 1.74 bits per heavy atom. The number of carbonyl (C=O) groups is 1. The highest BCUT2D eigenvalue weighted by atomic mass is 32.2. The molecule has 1 aromatic carbocycles. The summed E-state index contributed by atoms with van der Waals surface area (Å²) in [6.07, 6.45) is -0.454. The van der Waals surface area contributed by atoms with Crippen LogP contribution in [0.15, 0.2) is 23.1 Å². The fourth-order valence-corrected chi connectivity index (χ4v) is 2.94. The van der Waals surface area contributed by atoms with Gasteiger partial charge in [0.05, 0.1) is 18.1 Å². The first-order chi connectivity index (χ1) is 10.9. The smallest absolute Gasteiger partial charge is 0.264 e. The van der Waals surface area contributed by atoms with E-state index < -0.39 is 22.0 Å². The van der Waals surface area contributed by atoms with Crippen molar-refractivity contribution in [1.82, 2.24) is 4.72 Å². The van der Waals surface area contributed by atoms with Gasteiger partial charge in [0.15, 0.2) is 11.5 Å². The average molecular weight is 345 g/mol. The van der Waals surface area contributed by atoms with Crippen LogP contribution in [-0.4, -0.2) is 40.8 Å². The normalized spacial score (nSPS) is 12.5. The standard InChI is InChI=1S/C15H23NO6S/c1-5-12(20-4)15(17)16-23(18,19)11-8-9-13(21-6-2)14(10-11)22-7-3/h8-10,12H,5-7H2,1-4H3,(H,16,17). The summed E-state index contributed by atoms with van der Waals surface area (Å²) in [6, 6.07) is 4.19. The van der Waals surface area contributed by atoms with Crippen LogP contribution in [0.2, 0.25) is 0 Å². The molecule has 0 saturated carbocycles. The highest BCUT2D eigenvalue weighted by Crippen LogP contribution is 2.30. The number of nitrogens with one attached hydrogen (secondary N) is 1. The highest BCUT2D eigenvalue weighted by Gasteiger charge is 2.24. The third kappa shape index (κ3) is 5.11. The molecule has 0 spiro atoms. The molecular formula is C15H23NO6S. The van der Waals surface area contributed by atoms with Gasteiger partial charge in [-0.1, -0.05) is 6.92 Å². The minimum Gasteiger partial charge on any atom is -0.490 e. The van der Waals surface area contributed by atoms with Crippen LogP contribution in [0.3, 0.4) is 0 Å². The van der Waals surface area contributed by atoms with Crippen molar-refractivity contribution < 1.29 is 27.4 Å². The monoisotopic (exact) mass is 345 g/mol. The van der Waals surface area contributed by atoms with Crippen molar-refractivity contribution in [3.63, 3.8) is 0 Å². The van der Waals surface area contributed by atoms with E-state index in [1.54, 1.807) is 13.8 Å². The molecule has 0 aliphatic rings. The van der Waals surface area contributed by atoms with Gasteiger partial charge >= 0.3 is 0 Å². The number of sulfonamides is 1. The molecule has 23 heavy (non-hydrogen) atoms. The zero-order valence-electron chi connectivity index (χ0n) is 13.8. The van der Waals surface area contributed by atoms with Crippen LogP contribution in [-0.2, 0) is 19.6 Å². The zero-order valence-corrected chi connectivity index (χ0v) is 14.6. The molecule has 0 fully saturated rings. The molecular weight excluding hydrogens is 322 g/mol. The molecule has 130 valence electrons. The van der Waals surface area contributed by atoms with Crippen LogP contribution < -0.4 is 14.2 Å². The minimum absolute atomic E-state index is 0.0799. The van der Waals surface area contributed by atoms with Crippen molar-refractivity contribution >= 4 is 15.9 Å². The summed E-state index contributed by atoms with van der Waals surface area (Å²) in [7, 11) is -2.66. The Labute approximate surface area is 137 Å². The second-order valence-corrected chi connectivity index (χ2v) is 6.26. The Morgan fingerprint density at radius 1 is 1.13 bits per heavy atom. The largest absolute Gasteiger partial charge is 0.490 e. The summed E-state index contributed by atoms with van der Waals surface area (Å²) in [5.74, 6) is 0.0493. The Morgan fingerprint density at radius 3 is 2.26 bits per heavy atom. The van der Waals surface area contributed by atoms with Crippen molar-refractivity contribution in [1.29, 1.82) is 0 Å². The van der Waals surface area contributed by atoms with E-state index in [4.69, 9.17) is 14.2 Å². The molecule has 1 N–H and O–H groups in total. The number of hydrogen-bond acceptors (Lipinski definition) is 6. The first-order valence-electron chi connectivity index (χ1n) is 7.38. The summed E-state index contributed by atoms with van der Waals surface area (Å²) < 4.78 is 42.4. The van der Waals surface area contributed by atoms with E-state index >= 15 is 0 Å². The van der Waals surface area contributed by atoms with Crippen LogP contribution >= 0.6 is 0 Å². The van der Waals surface area contributed by atoms with Crippen molar-refractivity contribution in [2.75, 3.05) is 20.3 Å². The molecule has 7 nitrogen and oxygen atoms in total. The van der Waals surface area contributed by atoms with Crippen molar-refractivity contribution in [2.24, 2.45) is 0 Å². The molecule has 1 aromatic rings. The molecule has 0 bridgehead atoms. The second-order valence-electron chi connectivity index (χ2n) is 4.58. The van der Waals surface area contributed by atoms with E-state index in [1.165, 1.54) is 25.3 Å². The van der Waals surface area contributed by atoms with Gasteiger partial charge in [-0.05, 0) is 32.4 Å². The predicted molar refractivity (Wildman–Crippen MR) is 85.2 cm³/mol. The van der Waals surface area contributed by atoms with Crippen LogP contribution in [0, 0.1) is 0 Å². The van der Waals surface area contributed by atoms with E-state index in [1.807, 2.05) is 11.6 Å². The van der Waals surface area contributed by atoms with Crippen LogP contribution in [0.5, 0.6) is 11.5 Å². The zero-order chi connectivity index (χ0) is 17.5. The number of benzene rings is 1. The lowest BCUT2D eigenvalue weighted by Crippen LogP contribution is -2.39. The molecule has 0 radical (unpaired) electrons. The molecule has 0 aromatic heterocycles. The third-order valence-electron chi connectivity index (χ3n) is 3.01. The van der Waals surface area contributed by atoms with Gasteiger partial charge in [0.1, 0.15) is 6.10 Å².